The number of rotatable bonds is 9. The Balaban J connectivity index is 2.60. The van der Waals surface area contributed by atoms with E-state index < -0.39 is 21.5 Å². The predicted molar refractivity (Wildman–Crippen MR) is 113 cm³/mol. The molecule has 2 aromatic carbocycles. The van der Waals surface area contributed by atoms with Crippen LogP contribution in [0.4, 0.5) is 5.69 Å². The summed E-state index contributed by atoms with van der Waals surface area (Å²) in [5.41, 5.74) is -0.664. The van der Waals surface area contributed by atoms with Gasteiger partial charge in [0.25, 0.3) is 0 Å². The lowest BCUT2D eigenvalue weighted by molar-refractivity contribution is 0.0692. The predicted octanol–water partition coefficient (Wildman–Crippen LogP) is 4.47. The highest BCUT2D eigenvalue weighted by molar-refractivity contribution is 7.89. The van der Waals surface area contributed by atoms with Gasteiger partial charge in [-0.3, -0.25) is 0 Å². The number of hydrogen-bond acceptors (Lipinski definition) is 5. The van der Waals surface area contributed by atoms with E-state index in [1.807, 2.05) is 13.0 Å². The topological polar surface area (TPSA) is 105 Å². The molecule has 8 heteroatoms. The van der Waals surface area contributed by atoms with Gasteiger partial charge in [-0.15, -0.1) is 0 Å². The summed E-state index contributed by atoms with van der Waals surface area (Å²) in [6, 6.07) is 11.5. The average molecular weight is 421 g/mol. The Morgan fingerprint density at radius 2 is 1.79 bits per heavy atom. The number of benzene rings is 2. The fourth-order valence-electron chi connectivity index (χ4n) is 2.65. The van der Waals surface area contributed by atoms with E-state index in [2.05, 4.69) is 10.0 Å². The van der Waals surface area contributed by atoms with Crippen molar-refractivity contribution in [3.05, 3.63) is 48.0 Å². The zero-order valence-electron chi connectivity index (χ0n) is 17.2. The molecule has 0 aliphatic heterocycles. The lowest BCUT2D eigenvalue weighted by Gasteiger charge is -2.22. The molecule has 3 N–H and O–H groups in total. The van der Waals surface area contributed by atoms with E-state index in [9.17, 15) is 18.3 Å². The van der Waals surface area contributed by atoms with Crippen molar-refractivity contribution in [3.63, 3.8) is 0 Å². The Bertz CT molecular complexity index is 951. The van der Waals surface area contributed by atoms with Gasteiger partial charge in [0.05, 0.1) is 11.3 Å². The van der Waals surface area contributed by atoms with Crippen LogP contribution < -0.4 is 14.8 Å². The first-order chi connectivity index (χ1) is 13.5. The highest BCUT2D eigenvalue weighted by Crippen LogP contribution is 2.35. The van der Waals surface area contributed by atoms with Crippen molar-refractivity contribution in [1.29, 1.82) is 0 Å². The van der Waals surface area contributed by atoms with E-state index in [1.54, 1.807) is 45.0 Å². The molecule has 0 amide bonds. The Kier molecular flexibility index (Phi) is 7.26. The summed E-state index contributed by atoms with van der Waals surface area (Å²) in [5.74, 6) is -0.572. The molecule has 29 heavy (non-hydrogen) atoms. The summed E-state index contributed by atoms with van der Waals surface area (Å²) in [6.07, 6.45) is 1.83. The maximum absolute atomic E-state index is 12.9. The molecule has 0 aromatic heterocycles. The first kappa shape index (κ1) is 22.7. The molecular formula is C21H28N2O5S. The molecule has 0 fully saturated rings. The van der Waals surface area contributed by atoms with Crippen molar-refractivity contribution in [1.82, 2.24) is 4.72 Å². The number of unbranched alkanes of at least 4 members (excludes halogenated alkanes) is 1. The van der Waals surface area contributed by atoms with Crippen LogP contribution in [0.5, 0.6) is 11.5 Å². The molecule has 0 saturated carbocycles. The Morgan fingerprint density at radius 1 is 1.14 bits per heavy atom. The van der Waals surface area contributed by atoms with Gasteiger partial charge in [0, 0.05) is 18.2 Å². The zero-order valence-corrected chi connectivity index (χ0v) is 18.0. The molecule has 0 atom stereocenters. The molecule has 0 aliphatic carbocycles. The largest absolute Gasteiger partial charge is 0.478 e. The Morgan fingerprint density at radius 3 is 2.34 bits per heavy atom. The van der Waals surface area contributed by atoms with Crippen LogP contribution in [0.3, 0.4) is 0 Å². The Hall–Kier alpha value is -2.58. The molecule has 0 aliphatic rings. The van der Waals surface area contributed by atoms with E-state index in [0.29, 0.717) is 18.0 Å². The van der Waals surface area contributed by atoms with Gasteiger partial charge in [-0.2, -0.15) is 0 Å². The van der Waals surface area contributed by atoms with Crippen molar-refractivity contribution in [2.75, 3.05) is 11.9 Å². The second-order valence-electron chi connectivity index (χ2n) is 7.70. The van der Waals surface area contributed by atoms with Crippen molar-refractivity contribution in [3.8, 4) is 11.5 Å². The number of para-hydroxylation sites is 1. The van der Waals surface area contributed by atoms with Crippen LogP contribution in [0, 0.1) is 0 Å². The van der Waals surface area contributed by atoms with E-state index in [1.165, 1.54) is 12.1 Å². The van der Waals surface area contributed by atoms with Gasteiger partial charge in [0.15, 0.2) is 5.75 Å². The number of carboxylic acids is 1. The highest BCUT2D eigenvalue weighted by Gasteiger charge is 2.29. The monoisotopic (exact) mass is 420 g/mol. The van der Waals surface area contributed by atoms with Gasteiger partial charge in [0.1, 0.15) is 10.6 Å². The van der Waals surface area contributed by atoms with E-state index >= 15 is 0 Å². The quantitative estimate of drug-likeness (QED) is 0.517. The summed E-state index contributed by atoms with van der Waals surface area (Å²) in [5, 5.41) is 12.8. The van der Waals surface area contributed by atoms with Crippen LogP contribution >= 0.6 is 0 Å². The van der Waals surface area contributed by atoms with Gasteiger partial charge in [-0.25, -0.2) is 17.9 Å². The highest BCUT2D eigenvalue weighted by atomic mass is 32.2. The minimum atomic E-state index is -4.09. The summed E-state index contributed by atoms with van der Waals surface area (Å²) >= 11 is 0. The number of carboxylic acid groups (broad SMARTS) is 1. The van der Waals surface area contributed by atoms with Crippen LogP contribution in [-0.4, -0.2) is 31.6 Å². The minimum absolute atomic E-state index is 0.242. The van der Waals surface area contributed by atoms with Crippen molar-refractivity contribution >= 4 is 21.7 Å². The second kappa shape index (κ2) is 9.28. The van der Waals surface area contributed by atoms with Gasteiger partial charge >= 0.3 is 5.97 Å². The van der Waals surface area contributed by atoms with Gasteiger partial charge in [-0.05, 0) is 45.4 Å². The first-order valence-corrected chi connectivity index (χ1v) is 10.9. The molecule has 0 unspecified atom stereocenters. The lowest BCUT2D eigenvalue weighted by atomic mass is 10.1. The standard InChI is InChI=1S/C21H28N2O5S/c1-5-6-12-22-17-13-16(20(24)25)19(29(26,27)23-21(2,3)4)14-18(17)28-15-10-8-7-9-11-15/h7-11,13-14,22-23H,5-6,12H2,1-4H3,(H,24,25). The normalized spacial score (nSPS) is 11.9. The molecule has 0 heterocycles. The maximum atomic E-state index is 12.9. The number of carbonyl (C=O) groups is 1. The molecule has 158 valence electrons. The minimum Gasteiger partial charge on any atom is -0.478 e. The number of aromatic carboxylic acids is 1. The molecule has 0 saturated heterocycles. The number of sulfonamides is 1. The van der Waals surface area contributed by atoms with Gasteiger partial charge in [0.2, 0.25) is 10.0 Å². The summed E-state index contributed by atoms with van der Waals surface area (Å²) in [6.45, 7) is 7.71. The number of ether oxygens (including phenoxy) is 1. The Labute approximate surface area is 172 Å². The maximum Gasteiger partial charge on any atom is 0.337 e. The lowest BCUT2D eigenvalue weighted by Crippen LogP contribution is -2.41. The first-order valence-electron chi connectivity index (χ1n) is 9.45. The van der Waals surface area contributed by atoms with E-state index in [4.69, 9.17) is 4.74 Å². The molecule has 0 spiro atoms. The molecule has 2 rings (SSSR count). The molecule has 2 aromatic rings. The smallest absolute Gasteiger partial charge is 0.337 e. The molecule has 7 nitrogen and oxygen atoms in total. The van der Waals surface area contributed by atoms with Crippen LogP contribution in [0.2, 0.25) is 0 Å². The third kappa shape index (κ3) is 6.47. The fraction of sp³-hybridized carbons (Fsp3) is 0.381. The number of nitrogens with one attached hydrogen (secondary N) is 2. The van der Waals surface area contributed by atoms with Gasteiger partial charge in [-0.1, -0.05) is 31.5 Å². The van der Waals surface area contributed by atoms with Crippen LogP contribution in [0.15, 0.2) is 47.4 Å². The SMILES string of the molecule is CCCCNc1cc(C(=O)O)c(S(=O)(=O)NC(C)(C)C)cc1Oc1ccccc1. The average Bonchev–Trinajstić information content (AvgIpc) is 2.61. The van der Waals surface area contributed by atoms with Crippen molar-refractivity contribution in [2.24, 2.45) is 0 Å². The third-order valence-corrected chi connectivity index (χ3v) is 5.66. The molecule has 0 bridgehead atoms. The number of hydrogen-bond donors (Lipinski definition) is 3. The summed E-state index contributed by atoms with van der Waals surface area (Å²) < 4.78 is 34.2. The fourth-order valence-corrected chi connectivity index (χ4v) is 4.26. The number of anilines is 1. The molecular weight excluding hydrogens is 392 g/mol. The van der Waals surface area contributed by atoms with E-state index in [-0.39, 0.29) is 16.2 Å². The van der Waals surface area contributed by atoms with E-state index in [0.717, 1.165) is 12.8 Å². The summed E-state index contributed by atoms with van der Waals surface area (Å²) in [4.78, 5) is 11.5. The van der Waals surface area contributed by atoms with Crippen LogP contribution in [0.1, 0.15) is 50.9 Å². The summed E-state index contributed by atoms with van der Waals surface area (Å²) in [7, 11) is -4.09. The van der Waals surface area contributed by atoms with Crippen molar-refractivity contribution in [2.45, 2.75) is 51.0 Å². The van der Waals surface area contributed by atoms with Gasteiger partial charge < -0.3 is 15.2 Å². The second-order valence-corrected chi connectivity index (χ2v) is 9.35. The van der Waals surface area contributed by atoms with Crippen molar-refractivity contribution < 1.29 is 23.1 Å². The third-order valence-electron chi connectivity index (χ3n) is 3.86. The zero-order chi connectivity index (χ0) is 21.7. The van der Waals surface area contributed by atoms with Crippen LogP contribution in [0.25, 0.3) is 0 Å². The molecule has 0 radical (unpaired) electrons. The van der Waals surface area contributed by atoms with Crippen LogP contribution in [-0.2, 0) is 10.0 Å².